The average molecular weight is 422 g/mol. The van der Waals surface area contributed by atoms with Crippen molar-refractivity contribution in [3.05, 3.63) is 75.7 Å². The molecule has 3 aromatic rings. The van der Waals surface area contributed by atoms with E-state index in [1.807, 2.05) is 19.9 Å². The molecule has 0 bridgehead atoms. The number of rotatable bonds is 6. The first-order chi connectivity index (χ1) is 14.6. The van der Waals surface area contributed by atoms with Gasteiger partial charge in [0.1, 0.15) is 34.5 Å². The monoisotopic (exact) mass is 422 g/mol. The highest BCUT2D eigenvalue weighted by molar-refractivity contribution is 5.89. The predicted molar refractivity (Wildman–Crippen MR) is 121 cm³/mol. The highest BCUT2D eigenvalue weighted by Gasteiger charge is 2.21. The van der Waals surface area contributed by atoms with Gasteiger partial charge in [-0.25, -0.2) is 0 Å². The van der Waals surface area contributed by atoms with Gasteiger partial charge >= 0.3 is 0 Å². The zero-order valence-electron chi connectivity index (χ0n) is 17.8. The molecule has 31 heavy (non-hydrogen) atoms. The number of fused-ring (bicyclic) bond motifs is 1. The van der Waals surface area contributed by atoms with E-state index >= 15 is 0 Å². The molecule has 1 aromatic heterocycles. The van der Waals surface area contributed by atoms with E-state index in [1.54, 1.807) is 19.1 Å². The molecule has 6 nitrogen and oxygen atoms in total. The van der Waals surface area contributed by atoms with E-state index in [-0.39, 0.29) is 40.0 Å². The Bertz CT molecular complexity index is 1250. The van der Waals surface area contributed by atoms with Crippen molar-refractivity contribution in [1.29, 1.82) is 0 Å². The number of aliphatic hydroxyl groups excluding tert-OH is 1. The Morgan fingerprint density at radius 2 is 1.84 bits per heavy atom. The van der Waals surface area contributed by atoms with Crippen LogP contribution >= 0.6 is 0 Å². The Labute approximate surface area is 180 Å². The summed E-state index contributed by atoms with van der Waals surface area (Å²) in [5.74, 6) is -0.598. The summed E-state index contributed by atoms with van der Waals surface area (Å²) in [5.41, 5.74) is 2.54. The number of aliphatic hydroxyl groups is 1. The molecule has 0 saturated heterocycles. The Kier molecular flexibility index (Phi) is 6.22. The third kappa shape index (κ3) is 4.49. The summed E-state index contributed by atoms with van der Waals surface area (Å²) in [5, 5.41) is 41.2. The Morgan fingerprint density at radius 1 is 1.13 bits per heavy atom. The van der Waals surface area contributed by atoms with E-state index in [4.69, 9.17) is 4.42 Å². The van der Waals surface area contributed by atoms with Gasteiger partial charge in [-0.15, -0.1) is 0 Å². The minimum atomic E-state index is -0.987. The van der Waals surface area contributed by atoms with Crippen LogP contribution in [0.5, 0.6) is 17.2 Å². The summed E-state index contributed by atoms with van der Waals surface area (Å²) in [4.78, 5) is 13.2. The molecule has 2 aromatic carbocycles. The fraction of sp³-hybridized carbons (Fsp3) is 0.240. The largest absolute Gasteiger partial charge is 0.508 e. The molecular weight excluding hydrogens is 396 g/mol. The Morgan fingerprint density at radius 3 is 2.48 bits per heavy atom. The van der Waals surface area contributed by atoms with Crippen LogP contribution in [0.15, 0.2) is 63.5 Å². The minimum Gasteiger partial charge on any atom is -0.508 e. The van der Waals surface area contributed by atoms with Crippen molar-refractivity contribution >= 4 is 11.0 Å². The van der Waals surface area contributed by atoms with Crippen LogP contribution in [0.4, 0.5) is 0 Å². The second-order valence-electron chi connectivity index (χ2n) is 7.97. The summed E-state index contributed by atoms with van der Waals surface area (Å²) in [6, 6.07) is 6.06. The maximum absolute atomic E-state index is 13.2. The van der Waals surface area contributed by atoms with Crippen molar-refractivity contribution in [3.8, 4) is 28.4 Å². The molecule has 0 radical (unpaired) electrons. The average Bonchev–Trinajstić information content (AvgIpc) is 2.70. The van der Waals surface area contributed by atoms with Gasteiger partial charge in [0.05, 0.1) is 11.7 Å². The first kappa shape index (κ1) is 22.2. The second-order valence-corrected chi connectivity index (χ2v) is 7.97. The van der Waals surface area contributed by atoms with Gasteiger partial charge in [-0.05, 0) is 50.5 Å². The molecular formula is C25H26O6. The molecule has 6 heteroatoms. The number of phenolic OH excluding ortho intramolecular Hbond substituents is 3. The number of allylic oxidation sites excluding steroid dienone is 2. The van der Waals surface area contributed by atoms with E-state index in [1.165, 1.54) is 18.4 Å². The van der Waals surface area contributed by atoms with Crippen LogP contribution in [0.25, 0.3) is 22.1 Å². The Hall–Kier alpha value is -3.51. The van der Waals surface area contributed by atoms with Gasteiger partial charge in [0, 0.05) is 18.1 Å². The van der Waals surface area contributed by atoms with Crippen LogP contribution in [0.1, 0.15) is 31.9 Å². The van der Waals surface area contributed by atoms with Crippen LogP contribution in [0, 0.1) is 0 Å². The van der Waals surface area contributed by atoms with E-state index in [0.29, 0.717) is 23.1 Å². The van der Waals surface area contributed by atoms with Crippen molar-refractivity contribution in [2.45, 2.75) is 39.7 Å². The molecule has 1 atom stereocenters. The lowest BCUT2D eigenvalue weighted by Gasteiger charge is -2.14. The molecule has 0 aliphatic carbocycles. The predicted octanol–water partition coefficient (Wildman–Crippen LogP) is 4.57. The van der Waals surface area contributed by atoms with E-state index < -0.39 is 17.3 Å². The number of hydrogen-bond donors (Lipinski definition) is 4. The summed E-state index contributed by atoms with van der Waals surface area (Å²) in [6.07, 6.45) is 2.65. The molecule has 0 unspecified atom stereocenters. The fourth-order valence-corrected chi connectivity index (χ4v) is 3.29. The van der Waals surface area contributed by atoms with Gasteiger partial charge in [-0.3, -0.25) is 4.79 Å². The van der Waals surface area contributed by atoms with Crippen LogP contribution in [-0.4, -0.2) is 26.5 Å². The van der Waals surface area contributed by atoms with Crippen LogP contribution in [0.3, 0.4) is 0 Å². The van der Waals surface area contributed by atoms with Gasteiger partial charge in [0.25, 0.3) is 0 Å². The van der Waals surface area contributed by atoms with Crippen molar-refractivity contribution < 1.29 is 24.8 Å². The normalized spacial score (nSPS) is 12.0. The maximum atomic E-state index is 13.2. The molecule has 0 amide bonds. The maximum Gasteiger partial charge on any atom is 0.204 e. The van der Waals surface area contributed by atoms with Crippen LogP contribution in [-0.2, 0) is 12.8 Å². The molecule has 1 heterocycles. The molecule has 3 rings (SSSR count). The highest BCUT2D eigenvalue weighted by Crippen LogP contribution is 2.36. The molecule has 0 saturated carbocycles. The lowest BCUT2D eigenvalue weighted by atomic mass is 9.97. The summed E-state index contributed by atoms with van der Waals surface area (Å²) in [7, 11) is 0. The zero-order chi connectivity index (χ0) is 22.9. The second kappa shape index (κ2) is 8.70. The topological polar surface area (TPSA) is 111 Å². The van der Waals surface area contributed by atoms with E-state index in [0.717, 1.165) is 5.57 Å². The Balaban J connectivity index is 2.17. The van der Waals surface area contributed by atoms with Crippen LogP contribution < -0.4 is 5.43 Å². The number of hydrogen-bond acceptors (Lipinski definition) is 6. The lowest BCUT2D eigenvalue weighted by molar-refractivity contribution is 0.209. The van der Waals surface area contributed by atoms with Crippen molar-refractivity contribution in [1.82, 2.24) is 0 Å². The molecule has 0 fully saturated rings. The van der Waals surface area contributed by atoms with Crippen molar-refractivity contribution in [2.75, 3.05) is 0 Å². The highest BCUT2D eigenvalue weighted by atomic mass is 16.3. The van der Waals surface area contributed by atoms with Gasteiger partial charge in [-0.1, -0.05) is 29.9 Å². The van der Waals surface area contributed by atoms with E-state index in [2.05, 4.69) is 6.58 Å². The molecule has 0 aliphatic heterocycles. The SMILES string of the molecule is C=C(C)[C@H](O)Cc1c(O)cc2occ(-c3ccc(O)c(CC=C(C)C)c3)c(=O)c2c1O. The lowest BCUT2D eigenvalue weighted by Crippen LogP contribution is -2.12. The zero-order valence-corrected chi connectivity index (χ0v) is 17.8. The quantitative estimate of drug-likeness (QED) is 0.433. The van der Waals surface area contributed by atoms with Gasteiger partial charge in [-0.2, -0.15) is 0 Å². The third-order valence-electron chi connectivity index (χ3n) is 5.21. The van der Waals surface area contributed by atoms with Gasteiger partial charge in [0.2, 0.25) is 5.43 Å². The van der Waals surface area contributed by atoms with Crippen LogP contribution in [0.2, 0.25) is 0 Å². The molecule has 162 valence electrons. The molecule has 4 N–H and O–H groups in total. The van der Waals surface area contributed by atoms with E-state index in [9.17, 15) is 25.2 Å². The fourth-order valence-electron chi connectivity index (χ4n) is 3.29. The third-order valence-corrected chi connectivity index (χ3v) is 5.21. The van der Waals surface area contributed by atoms with Crippen molar-refractivity contribution in [2.24, 2.45) is 0 Å². The number of phenols is 3. The van der Waals surface area contributed by atoms with Crippen molar-refractivity contribution in [3.63, 3.8) is 0 Å². The minimum absolute atomic E-state index is 0.0286. The smallest absolute Gasteiger partial charge is 0.204 e. The number of benzene rings is 2. The first-order valence-electron chi connectivity index (χ1n) is 9.88. The number of aromatic hydroxyl groups is 3. The summed E-state index contributed by atoms with van der Waals surface area (Å²) < 4.78 is 5.54. The summed E-state index contributed by atoms with van der Waals surface area (Å²) in [6.45, 7) is 9.21. The summed E-state index contributed by atoms with van der Waals surface area (Å²) >= 11 is 0. The molecule has 0 spiro atoms. The van der Waals surface area contributed by atoms with Gasteiger partial charge in [0.15, 0.2) is 0 Å². The standard InChI is InChI=1S/C25H26O6/c1-13(2)5-6-16-9-15(7-8-19(16)26)18-12-31-22-11-21(28)17(10-20(27)14(3)4)24(29)23(22)25(18)30/h5,7-9,11-12,20,26-29H,3,6,10H2,1-2,4H3/t20-/m1/s1. The first-order valence-corrected chi connectivity index (χ1v) is 9.88. The molecule has 0 aliphatic rings. The van der Waals surface area contributed by atoms with Gasteiger partial charge < -0.3 is 24.8 Å².